The third kappa shape index (κ3) is 3.41. The number of methoxy groups -OCH3 is 2. The summed E-state index contributed by atoms with van der Waals surface area (Å²) in [6.45, 7) is 9.20. The quantitative estimate of drug-likeness (QED) is 0.386. The van der Waals surface area contributed by atoms with E-state index in [1.165, 1.54) is 37.9 Å². The summed E-state index contributed by atoms with van der Waals surface area (Å²) in [6, 6.07) is 28.5. The molecule has 32 heavy (non-hydrogen) atoms. The predicted molar refractivity (Wildman–Crippen MR) is 138 cm³/mol. The van der Waals surface area contributed by atoms with Crippen molar-refractivity contribution in [1.82, 2.24) is 0 Å². The molecule has 0 aromatic heterocycles. The lowest BCUT2D eigenvalue weighted by Crippen LogP contribution is -2.70. The Balaban J connectivity index is 2.18. The van der Waals surface area contributed by atoms with Gasteiger partial charge in [0.05, 0.1) is 14.2 Å². The molecule has 0 amide bonds. The molecule has 3 aromatic rings. The van der Waals surface area contributed by atoms with Crippen molar-refractivity contribution in [3.63, 3.8) is 0 Å². The molecule has 0 saturated carbocycles. The van der Waals surface area contributed by atoms with Crippen molar-refractivity contribution < 1.29 is 9.47 Å². The van der Waals surface area contributed by atoms with Crippen LogP contribution in [0.15, 0.2) is 101 Å². The van der Waals surface area contributed by atoms with Crippen LogP contribution in [0, 0.1) is 0 Å². The average Bonchev–Trinajstić information content (AvgIpc) is 3.04. The van der Waals surface area contributed by atoms with Gasteiger partial charge in [-0.15, -0.1) is 0 Å². The predicted octanol–water partition coefficient (Wildman–Crippen LogP) is 5.23. The molecule has 0 saturated heterocycles. The van der Waals surface area contributed by atoms with Crippen molar-refractivity contribution >= 4 is 23.6 Å². The number of benzene rings is 3. The highest BCUT2D eigenvalue weighted by atomic mass is 28.3. The first-order valence-corrected chi connectivity index (χ1v) is 13.2. The largest absolute Gasteiger partial charge is 0.497 e. The van der Waals surface area contributed by atoms with E-state index in [0.717, 1.165) is 11.5 Å². The lowest BCUT2D eigenvalue weighted by Gasteiger charge is -2.41. The van der Waals surface area contributed by atoms with Gasteiger partial charge in [0, 0.05) is 5.54 Å². The Kier molecular flexibility index (Phi) is 6.12. The van der Waals surface area contributed by atoms with Crippen molar-refractivity contribution in [1.29, 1.82) is 0 Å². The Morgan fingerprint density at radius 1 is 0.562 bits per heavy atom. The van der Waals surface area contributed by atoms with E-state index in [4.69, 9.17) is 9.47 Å². The van der Waals surface area contributed by atoms with Crippen molar-refractivity contribution in [3.05, 3.63) is 101 Å². The normalized spacial score (nSPS) is 14.8. The Hall–Kier alpha value is -3.04. The van der Waals surface area contributed by atoms with Crippen LogP contribution in [-0.2, 0) is 0 Å². The first-order valence-electron chi connectivity index (χ1n) is 11.1. The van der Waals surface area contributed by atoms with E-state index in [9.17, 15) is 0 Å². The van der Waals surface area contributed by atoms with E-state index in [2.05, 4.69) is 94.4 Å². The molecule has 1 aliphatic rings. The molecule has 0 fully saturated rings. The average molecular weight is 441 g/mol. The Labute approximate surface area is 193 Å². The van der Waals surface area contributed by atoms with Gasteiger partial charge < -0.3 is 9.47 Å². The SMILES string of the molecule is COc1cccc([Si](c2ccccc2)(c2cccc(OC)c2)C2C(C)=C(C)C(C)=C2C)c1. The molecule has 2 nitrogen and oxygen atoms in total. The summed E-state index contributed by atoms with van der Waals surface area (Å²) in [5.74, 6) is 1.79. The summed E-state index contributed by atoms with van der Waals surface area (Å²) in [4.78, 5) is 0. The first-order chi connectivity index (χ1) is 15.4. The van der Waals surface area contributed by atoms with Gasteiger partial charge in [-0.3, -0.25) is 0 Å². The van der Waals surface area contributed by atoms with E-state index >= 15 is 0 Å². The molecule has 1 aliphatic carbocycles. The molecule has 4 rings (SSSR count). The number of allylic oxidation sites excluding steroid dienone is 4. The number of rotatable bonds is 6. The van der Waals surface area contributed by atoms with Crippen LogP contribution in [0.3, 0.4) is 0 Å². The molecule has 0 unspecified atom stereocenters. The highest BCUT2D eigenvalue weighted by molar-refractivity contribution is 7.13. The standard InChI is InChI=1S/C29H32O2Si/c1-20-21(2)23(4)29(22(20)3)32(26-14-8-7-9-15-26,27-16-10-12-24(18-27)30-5)28-17-11-13-25(19-28)31-6/h7-19,29H,1-6H3. The minimum atomic E-state index is -2.57. The second-order valence-corrected chi connectivity index (χ2v) is 12.6. The molecule has 0 bridgehead atoms. The van der Waals surface area contributed by atoms with Gasteiger partial charge in [0.2, 0.25) is 0 Å². The summed E-state index contributed by atoms with van der Waals surface area (Å²) < 4.78 is 11.4. The zero-order valence-corrected chi connectivity index (χ0v) is 20.9. The van der Waals surface area contributed by atoms with Crippen LogP contribution in [0.25, 0.3) is 0 Å². The molecule has 0 N–H and O–H groups in total. The van der Waals surface area contributed by atoms with Gasteiger partial charge in [0.1, 0.15) is 11.5 Å². The van der Waals surface area contributed by atoms with Crippen LogP contribution >= 0.6 is 0 Å². The van der Waals surface area contributed by atoms with Crippen LogP contribution in [0.5, 0.6) is 11.5 Å². The van der Waals surface area contributed by atoms with Gasteiger partial charge in [-0.25, -0.2) is 0 Å². The topological polar surface area (TPSA) is 18.5 Å². The van der Waals surface area contributed by atoms with Crippen molar-refractivity contribution in [2.24, 2.45) is 0 Å². The fourth-order valence-corrected chi connectivity index (χ4v) is 11.3. The minimum Gasteiger partial charge on any atom is -0.497 e. The van der Waals surface area contributed by atoms with Crippen molar-refractivity contribution in [2.45, 2.75) is 33.2 Å². The summed E-state index contributed by atoms with van der Waals surface area (Å²) in [5.41, 5.74) is 6.11. The molecule has 0 atom stereocenters. The molecule has 164 valence electrons. The molecule has 0 aliphatic heterocycles. The number of hydrogen-bond acceptors (Lipinski definition) is 2. The second kappa shape index (κ2) is 8.83. The highest BCUT2D eigenvalue weighted by Crippen LogP contribution is 2.46. The summed E-state index contributed by atoms with van der Waals surface area (Å²) in [5, 5.41) is 4.10. The fourth-order valence-electron chi connectivity index (χ4n) is 5.44. The smallest absolute Gasteiger partial charge is 0.159 e. The summed E-state index contributed by atoms with van der Waals surface area (Å²) in [6.07, 6.45) is 0. The molecule has 3 heteroatoms. The van der Waals surface area contributed by atoms with Crippen LogP contribution < -0.4 is 25.0 Å². The van der Waals surface area contributed by atoms with E-state index < -0.39 is 8.07 Å². The molecule has 0 radical (unpaired) electrons. The van der Waals surface area contributed by atoms with Crippen LogP contribution in [0.2, 0.25) is 5.54 Å². The maximum absolute atomic E-state index is 5.70. The molecule has 0 heterocycles. The lowest BCUT2D eigenvalue weighted by molar-refractivity contribution is 0.415. The van der Waals surface area contributed by atoms with Crippen molar-refractivity contribution in [2.75, 3.05) is 14.2 Å². The summed E-state index contributed by atoms with van der Waals surface area (Å²) in [7, 11) is 0.922. The molecule has 3 aromatic carbocycles. The Bertz CT molecular complexity index is 1120. The maximum atomic E-state index is 5.70. The fraction of sp³-hybridized carbons (Fsp3) is 0.241. The van der Waals surface area contributed by atoms with E-state index in [0.29, 0.717) is 5.54 Å². The molecular formula is C29H32O2Si. The van der Waals surface area contributed by atoms with Gasteiger partial charge in [0.15, 0.2) is 8.07 Å². The van der Waals surface area contributed by atoms with Gasteiger partial charge in [-0.05, 0) is 78.7 Å². The summed E-state index contributed by atoms with van der Waals surface area (Å²) >= 11 is 0. The first kappa shape index (κ1) is 22.2. The second-order valence-electron chi connectivity index (χ2n) is 8.69. The Morgan fingerprint density at radius 2 is 1.00 bits per heavy atom. The molecule has 0 spiro atoms. The Morgan fingerprint density at radius 3 is 1.44 bits per heavy atom. The van der Waals surface area contributed by atoms with E-state index in [1.807, 2.05) is 12.1 Å². The third-order valence-corrected chi connectivity index (χ3v) is 12.7. The number of hydrogen-bond donors (Lipinski definition) is 0. The van der Waals surface area contributed by atoms with E-state index in [-0.39, 0.29) is 0 Å². The zero-order valence-electron chi connectivity index (χ0n) is 19.9. The number of ether oxygens (including phenoxy) is 2. The maximum Gasteiger partial charge on any atom is 0.159 e. The van der Waals surface area contributed by atoms with Crippen LogP contribution in [0.1, 0.15) is 27.7 Å². The highest BCUT2D eigenvalue weighted by Gasteiger charge is 2.50. The minimum absolute atomic E-state index is 0.323. The molecular weight excluding hydrogens is 408 g/mol. The monoisotopic (exact) mass is 440 g/mol. The van der Waals surface area contributed by atoms with Gasteiger partial charge in [-0.2, -0.15) is 0 Å². The zero-order chi connectivity index (χ0) is 22.9. The van der Waals surface area contributed by atoms with E-state index in [1.54, 1.807) is 14.2 Å². The van der Waals surface area contributed by atoms with Crippen molar-refractivity contribution in [3.8, 4) is 11.5 Å². The van der Waals surface area contributed by atoms with Crippen LogP contribution in [0.4, 0.5) is 0 Å². The lowest BCUT2D eigenvalue weighted by atomic mass is 10.1. The third-order valence-electron chi connectivity index (χ3n) is 7.32. The van der Waals surface area contributed by atoms with Gasteiger partial charge >= 0.3 is 0 Å². The van der Waals surface area contributed by atoms with Crippen LogP contribution in [-0.4, -0.2) is 22.3 Å². The van der Waals surface area contributed by atoms with Gasteiger partial charge in [0.25, 0.3) is 0 Å². The van der Waals surface area contributed by atoms with Gasteiger partial charge in [-0.1, -0.05) is 65.7 Å².